The number of amides is 1. The number of rotatable bonds is 6. The predicted molar refractivity (Wildman–Crippen MR) is 126 cm³/mol. The number of hydrogen-bond acceptors (Lipinski definition) is 3. The number of nitrogens with one attached hydrogen (secondary N) is 1. The molecule has 3 aromatic rings. The first-order valence-corrected chi connectivity index (χ1v) is 11.2. The molecule has 0 saturated carbocycles. The Balaban J connectivity index is 1.32. The molecule has 0 atom stereocenters. The molecule has 1 aliphatic rings. The van der Waals surface area contributed by atoms with Crippen LogP contribution < -0.4 is 5.32 Å². The minimum atomic E-state index is 0.0381. The summed E-state index contributed by atoms with van der Waals surface area (Å²) < 4.78 is 1.90. The quantitative estimate of drug-likeness (QED) is 0.634. The van der Waals surface area contributed by atoms with E-state index in [1.807, 2.05) is 18.5 Å². The fourth-order valence-electron chi connectivity index (χ4n) is 4.44. The molecule has 5 nitrogen and oxygen atoms in total. The van der Waals surface area contributed by atoms with Crippen LogP contribution in [0.15, 0.2) is 54.6 Å². The van der Waals surface area contributed by atoms with Crippen LogP contribution >= 0.6 is 0 Å². The van der Waals surface area contributed by atoms with Crippen LogP contribution in [0.25, 0.3) is 5.69 Å². The van der Waals surface area contributed by atoms with Gasteiger partial charge in [0.1, 0.15) is 0 Å². The molecule has 0 radical (unpaired) electrons. The first-order chi connectivity index (χ1) is 15.0. The maximum atomic E-state index is 12.8. The second-order valence-electron chi connectivity index (χ2n) is 8.75. The summed E-state index contributed by atoms with van der Waals surface area (Å²) >= 11 is 0. The number of carbonyl (C=O) groups is 1. The van der Waals surface area contributed by atoms with Crippen LogP contribution in [0.3, 0.4) is 0 Å². The third kappa shape index (κ3) is 5.23. The van der Waals surface area contributed by atoms with Gasteiger partial charge in [-0.2, -0.15) is 5.10 Å². The number of nitrogens with zero attached hydrogens (tertiary/aromatic N) is 3. The second kappa shape index (κ2) is 9.48. The molecule has 2 heterocycles. The molecule has 4 rings (SSSR count). The van der Waals surface area contributed by atoms with E-state index in [4.69, 9.17) is 0 Å². The molecule has 1 amide bonds. The Morgan fingerprint density at radius 2 is 1.68 bits per heavy atom. The Labute approximate surface area is 185 Å². The zero-order valence-electron chi connectivity index (χ0n) is 18.8. The van der Waals surface area contributed by atoms with E-state index < -0.39 is 0 Å². The summed E-state index contributed by atoms with van der Waals surface area (Å²) in [5.41, 5.74) is 6.25. The van der Waals surface area contributed by atoms with E-state index >= 15 is 0 Å². The van der Waals surface area contributed by atoms with E-state index in [-0.39, 0.29) is 5.91 Å². The molecule has 0 aliphatic carbocycles. The number of aromatic nitrogens is 2. The van der Waals surface area contributed by atoms with E-state index in [1.54, 1.807) is 0 Å². The number of carbonyl (C=O) groups excluding carboxylic acids is 1. The Kier molecular flexibility index (Phi) is 6.52. The van der Waals surface area contributed by atoms with Gasteiger partial charge in [-0.3, -0.25) is 9.69 Å². The van der Waals surface area contributed by atoms with Gasteiger partial charge in [0.05, 0.1) is 29.3 Å². The number of piperidine rings is 1. The van der Waals surface area contributed by atoms with Gasteiger partial charge in [-0.05, 0) is 76.7 Å². The van der Waals surface area contributed by atoms with Gasteiger partial charge >= 0.3 is 0 Å². The van der Waals surface area contributed by atoms with Gasteiger partial charge in [-0.15, -0.1) is 0 Å². The average Bonchev–Trinajstić information content (AvgIpc) is 3.05. The van der Waals surface area contributed by atoms with E-state index in [0.717, 1.165) is 55.1 Å². The summed E-state index contributed by atoms with van der Waals surface area (Å²) in [6.07, 6.45) is 3.43. The zero-order chi connectivity index (χ0) is 21.8. The lowest BCUT2D eigenvalue weighted by molar-refractivity contribution is -0.117. The molecule has 1 N–H and O–H groups in total. The van der Waals surface area contributed by atoms with Crippen molar-refractivity contribution in [3.05, 3.63) is 77.1 Å². The molecular formula is C26H32N4O. The minimum Gasteiger partial charge on any atom is -0.322 e. The molecule has 31 heavy (non-hydrogen) atoms. The van der Waals surface area contributed by atoms with Crippen molar-refractivity contribution < 1.29 is 4.79 Å². The lowest BCUT2D eigenvalue weighted by Gasteiger charge is -2.31. The second-order valence-corrected chi connectivity index (χ2v) is 8.75. The van der Waals surface area contributed by atoms with Gasteiger partial charge in [-0.1, -0.05) is 48.0 Å². The summed E-state index contributed by atoms with van der Waals surface area (Å²) in [6.45, 7) is 8.41. The Hall–Kier alpha value is -2.92. The van der Waals surface area contributed by atoms with Gasteiger partial charge in [0, 0.05) is 0 Å². The van der Waals surface area contributed by atoms with Crippen LogP contribution in [0.1, 0.15) is 35.4 Å². The summed E-state index contributed by atoms with van der Waals surface area (Å²) in [6, 6.07) is 19.0. The van der Waals surface area contributed by atoms with Crippen LogP contribution in [-0.4, -0.2) is 40.2 Å². The van der Waals surface area contributed by atoms with E-state index in [1.165, 1.54) is 11.1 Å². The average molecular weight is 417 g/mol. The van der Waals surface area contributed by atoms with Gasteiger partial charge in [-0.25, -0.2) is 4.68 Å². The molecule has 0 unspecified atom stereocenters. The maximum Gasteiger partial charge on any atom is 0.238 e. The molecule has 1 aromatic heterocycles. The Bertz CT molecular complexity index is 1020. The summed E-state index contributed by atoms with van der Waals surface area (Å²) in [5, 5.41) is 7.76. The lowest BCUT2D eigenvalue weighted by atomic mass is 9.90. The summed E-state index contributed by atoms with van der Waals surface area (Å²) in [5.74, 6) is 0.745. The molecular weight excluding hydrogens is 384 g/mol. The highest BCUT2D eigenvalue weighted by atomic mass is 16.2. The van der Waals surface area contributed by atoms with Crippen molar-refractivity contribution >= 4 is 11.6 Å². The largest absolute Gasteiger partial charge is 0.322 e. The van der Waals surface area contributed by atoms with Crippen LogP contribution in [-0.2, 0) is 11.2 Å². The zero-order valence-corrected chi connectivity index (χ0v) is 18.8. The Morgan fingerprint density at radius 3 is 2.35 bits per heavy atom. The van der Waals surface area contributed by atoms with Gasteiger partial charge in [0.15, 0.2) is 0 Å². The van der Waals surface area contributed by atoms with Crippen molar-refractivity contribution in [3.63, 3.8) is 0 Å². The summed E-state index contributed by atoms with van der Waals surface area (Å²) in [7, 11) is 0. The number of anilines is 1. The monoisotopic (exact) mass is 416 g/mol. The smallest absolute Gasteiger partial charge is 0.238 e. The minimum absolute atomic E-state index is 0.0381. The molecule has 0 spiro atoms. The highest BCUT2D eigenvalue weighted by Gasteiger charge is 2.22. The molecule has 2 aromatic carbocycles. The normalized spacial score (nSPS) is 15.2. The molecule has 1 saturated heterocycles. The summed E-state index contributed by atoms with van der Waals surface area (Å²) in [4.78, 5) is 15.0. The first-order valence-electron chi connectivity index (χ1n) is 11.2. The fraction of sp³-hybridized carbons (Fsp3) is 0.385. The molecule has 1 fully saturated rings. The van der Waals surface area contributed by atoms with Crippen LogP contribution in [0.4, 0.5) is 5.69 Å². The molecule has 5 heteroatoms. The van der Waals surface area contributed by atoms with Crippen molar-refractivity contribution in [1.29, 1.82) is 0 Å². The highest BCUT2D eigenvalue weighted by molar-refractivity contribution is 5.93. The molecule has 1 aliphatic heterocycles. The standard InChI is InChI=1S/C26H32N4O/c1-19-9-11-24(12-10-19)30-21(3)26(20(2)28-30)27-25(31)18-29-15-13-23(14-16-29)17-22-7-5-4-6-8-22/h4-12,23H,13-18H2,1-3H3,(H,27,31). The topological polar surface area (TPSA) is 50.2 Å². The SMILES string of the molecule is Cc1ccc(-n2nc(C)c(NC(=O)CN3CCC(Cc4ccccc4)CC3)c2C)cc1. The number of hydrogen-bond donors (Lipinski definition) is 1. The van der Waals surface area contributed by atoms with Crippen molar-refractivity contribution in [1.82, 2.24) is 14.7 Å². The van der Waals surface area contributed by atoms with Crippen molar-refractivity contribution in [2.24, 2.45) is 5.92 Å². The number of aryl methyl sites for hydroxylation is 2. The fourth-order valence-corrected chi connectivity index (χ4v) is 4.44. The molecule has 162 valence electrons. The predicted octanol–water partition coefficient (Wildman–Crippen LogP) is 4.69. The first kappa shape index (κ1) is 21.3. The number of benzene rings is 2. The van der Waals surface area contributed by atoms with Crippen molar-refractivity contribution in [2.45, 2.75) is 40.0 Å². The van der Waals surface area contributed by atoms with E-state index in [0.29, 0.717) is 12.5 Å². The van der Waals surface area contributed by atoms with Gasteiger partial charge in [0.2, 0.25) is 5.91 Å². The van der Waals surface area contributed by atoms with Crippen molar-refractivity contribution in [3.8, 4) is 5.69 Å². The van der Waals surface area contributed by atoms with Crippen LogP contribution in [0.5, 0.6) is 0 Å². The lowest BCUT2D eigenvalue weighted by Crippen LogP contribution is -2.39. The third-order valence-corrected chi connectivity index (χ3v) is 6.28. The maximum absolute atomic E-state index is 12.8. The van der Waals surface area contributed by atoms with E-state index in [9.17, 15) is 4.79 Å². The Morgan fingerprint density at radius 1 is 1.00 bits per heavy atom. The van der Waals surface area contributed by atoms with Gasteiger partial charge < -0.3 is 5.32 Å². The molecule has 0 bridgehead atoms. The van der Waals surface area contributed by atoms with Crippen LogP contribution in [0, 0.1) is 26.7 Å². The third-order valence-electron chi connectivity index (χ3n) is 6.28. The highest BCUT2D eigenvalue weighted by Crippen LogP contribution is 2.24. The van der Waals surface area contributed by atoms with Crippen LogP contribution in [0.2, 0.25) is 0 Å². The van der Waals surface area contributed by atoms with Gasteiger partial charge in [0.25, 0.3) is 0 Å². The number of likely N-dealkylation sites (tertiary alicyclic amines) is 1. The van der Waals surface area contributed by atoms with Crippen molar-refractivity contribution in [2.75, 3.05) is 25.0 Å². The van der Waals surface area contributed by atoms with E-state index in [2.05, 4.69) is 76.8 Å².